The number of fused-ring (bicyclic) bond motifs is 4. The van der Waals surface area contributed by atoms with Crippen LogP contribution in [0.1, 0.15) is 30.5 Å². The Labute approximate surface area is 105 Å². The van der Waals surface area contributed by atoms with Crippen LogP contribution in [0.25, 0.3) is 16.8 Å². The van der Waals surface area contributed by atoms with E-state index in [0.717, 1.165) is 29.7 Å². The van der Waals surface area contributed by atoms with Gasteiger partial charge in [0.05, 0.1) is 11.0 Å². The molecule has 1 aliphatic rings. The summed E-state index contributed by atoms with van der Waals surface area (Å²) in [5.74, 6) is 0.844. The Kier molecular flexibility index (Phi) is 2.13. The van der Waals surface area contributed by atoms with E-state index < -0.39 is 0 Å². The van der Waals surface area contributed by atoms with Gasteiger partial charge in [-0.15, -0.1) is 0 Å². The van der Waals surface area contributed by atoms with E-state index in [0.29, 0.717) is 0 Å². The third kappa shape index (κ3) is 1.43. The summed E-state index contributed by atoms with van der Waals surface area (Å²) in [7, 11) is 0. The highest BCUT2D eigenvalue weighted by Gasteiger charge is 2.13. The van der Waals surface area contributed by atoms with Gasteiger partial charge in [0.1, 0.15) is 0 Å². The van der Waals surface area contributed by atoms with Gasteiger partial charge >= 0.3 is 0 Å². The molecule has 3 heteroatoms. The molecule has 0 bridgehead atoms. The van der Waals surface area contributed by atoms with Gasteiger partial charge in [-0.3, -0.25) is 4.40 Å². The third-order valence-corrected chi connectivity index (χ3v) is 3.83. The average molecular weight is 237 g/mol. The summed E-state index contributed by atoms with van der Waals surface area (Å²) in [6.45, 7) is 0. The highest BCUT2D eigenvalue weighted by atomic mass is 15.1. The van der Waals surface area contributed by atoms with E-state index in [4.69, 9.17) is 4.98 Å². The van der Waals surface area contributed by atoms with Crippen molar-refractivity contribution in [2.45, 2.75) is 32.1 Å². The number of nitrogens with zero attached hydrogens (tertiary/aromatic N) is 3. The Morgan fingerprint density at radius 1 is 0.944 bits per heavy atom. The number of hydrogen-bond acceptors (Lipinski definition) is 2. The summed E-state index contributed by atoms with van der Waals surface area (Å²) in [6, 6.07) is 8.25. The smallest absolute Gasteiger partial charge is 0.235 e. The molecule has 4 rings (SSSR count). The van der Waals surface area contributed by atoms with Crippen LogP contribution in [0.3, 0.4) is 0 Å². The van der Waals surface area contributed by atoms with Crippen LogP contribution < -0.4 is 0 Å². The first-order chi connectivity index (χ1) is 8.92. The van der Waals surface area contributed by atoms with Gasteiger partial charge in [-0.1, -0.05) is 18.6 Å². The van der Waals surface area contributed by atoms with Crippen LogP contribution in [0.15, 0.2) is 30.5 Å². The van der Waals surface area contributed by atoms with Crippen LogP contribution in [-0.2, 0) is 12.8 Å². The number of aryl methyl sites for hydroxylation is 2. The van der Waals surface area contributed by atoms with E-state index in [-0.39, 0.29) is 0 Å². The predicted octanol–water partition coefficient (Wildman–Crippen LogP) is 3.15. The van der Waals surface area contributed by atoms with Crippen LogP contribution >= 0.6 is 0 Å². The van der Waals surface area contributed by atoms with Crippen molar-refractivity contribution >= 4 is 16.8 Å². The molecule has 0 N–H and O–H groups in total. The van der Waals surface area contributed by atoms with Gasteiger partial charge in [-0.05, 0) is 43.4 Å². The monoisotopic (exact) mass is 237 g/mol. The van der Waals surface area contributed by atoms with Crippen LogP contribution in [0.4, 0.5) is 0 Å². The van der Waals surface area contributed by atoms with E-state index in [1.165, 1.54) is 30.5 Å². The second-order valence-corrected chi connectivity index (χ2v) is 5.04. The van der Waals surface area contributed by atoms with Gasteiger partial charge in [0.25, 0.3) is 0 Å². The molecule has 0 fully saturated rings. The lowest BCUT2D eigenvalue weighted by Crippen LogP contribution is -2.00. The summed E-state index contributed by atoms with van der Waals surface area (Å²) >= 11 is 0. The van der Waals surface area contributed by atoms with Gasteiger partial charge < -0.3 is 0 Å². The number of para-hydroxylation sites is 2. The standard InChI is InChI=1S/C15H15N3/c1-2-6-11-10-18-14-9-5-4-8-13(14)17-15(18)16-12(11)7-3-1/h4-5,8-10H,1-3,6-7H2. The lowest BCUT2D eigenvalue weighted by Gasteiger charge is -2.05. The maximum Gasteiger partial charge on any atom is 0.235 e. The molecule has 0 spiro atoms. The van der Waals surface area contributed by atoms with Crippen molar-refractivity contribution in [1.82, 2.24) is 14.4 Å². The molecule has 0 unspecified atom stereocenters. The molecule has 3 aromatic rings. The lowest BCUT2D eigenvalue weighted by molar-refractivity contribution is 0.709. The second-order valence-electron chi connectivity index (χ2n) is 5.04. The summed E-state index contributed by atoms with van der Waals surface area (Å²) in [4.78, 5) is 9.37. The zero-order valence-corrected chi connectivity index (χ0v) is 10.3. The first-order valence-electron chi connectivity index (χ1n) is 6.67. The van der Waals surface area contributed by atoms with Crippen molar-refractivity contribution in [3.8, 4) is 0 Å². The molecule has 18 heavy (non-hydrogen) atoms. The Morgan fingerprint density at radius 3 is 2.83 bits per heavy atom. The van der Waals surface area contributed by atoms with E-state index >= 15 is 0 Å². The molecule has 0 amide bonds. The highest BCUT2D eigenvalue weighted by Crippen LogP contribution is 2.22. The third-order valence-electron chi connectivity index (χ3n) is 3.83. The van der Waals surface area contributed by atoms with Crippen molar-refractivity contribution in [2.75, 3.05) is 0 Å². The van der Waals surface area contributed by atoms with Gasteiger partial charge in [-0.2, -0.15) is 0 Å². The highest BCUT2D eigenvalue weighted by molar-refractivity contribution is 5.79. The fourth-order valence-corrected chi connectivity index (χ4v) is 2.87. The normalized spacial score (nSPS) is 15.8. The SMILES string of the molecule is c1ccc2c(c1)nc1nc3c(cn12)CCCCC3. The predicted molar refractivity (Wildman–Crippen MR) is 71.8 cm³/mol. The molecule has 3 nitrogen and oxygen atoms in total. The molecule has 0 atom stereocenters. The summed E-state index contributed by atoms with van der Waals surface area (Å²) < 4.78 is 2.14. The number of aromatic nitrogens is 3. The number of hydrogen-bond donors (Lipinski definition) is 0. The van der Waals surface area contributed by atoms with E-state index in [1.54, 1.807) is 0 Å². The zero-order chi connectivity index (χ0) is 11.9. The van der Waals surface area contributed by atoms with Crippen LogP contribution in [-0.4, -0.2) is 14.4 Å². The molecule has 0 saturated carbocycles. The Hall–Kier alpha value is -1.90. The summed E-state index contributed by atoms with van der Waals surface area (Å²) in [5, 5.41) is 0. The minimum atomic E-state index is 0.844. The van der Waals surface area contributed by atoms with Gasteiger partial charge in [0, 0.05) is 11.9 Å². The molecule has 2 heterocycles. The van der Waals surface area contributed by atoms with Crippen molar-refractivity contribution < 1.29 is 0 Å². The quantitative estimate of drug-likeness (QED) is 0.562. The van der Waals surface area contributed by atoms with Crippen LogP contribution in [0.2, 0.25) is 0 Å². The van der Waals surface area contributed by atoms with E-state index in [1.807, 2.05) is 6.07 Å². The largest absolute Gasteiger partial charge is 0.283 e. The second kappa shape index (κ2) is 3.80. The van der Waals surface area contributed by atoms with Crippen molar-refractivity contribution in [1.29, 1.82) is 0 Å². The van der Waals surface area contributed by atoms with Gasteiger partial charge in [-0.25, -0.2) is 9.97 Å². The first kappa shape index (κ1) is 10.1. The minimum Gasteiger partial charge on any atom is -0.283 e. The maximum atomic E-state index is 4.76. The summed E-state index contributed by atoms with van der Waals surface area (Å²) in [5.41, 5.74) is 4.86. The van der Waals surface area contributed by atoms with E-state index in [2.05, 4.69) is 33.8 Å². The average Bonchev–Trinajstić information content (AvgIpc) is 2.59. The molecule has 0 radical (unpaired) electrons. The number of benzene rings is 1. The molecule has 0 saturated heterocycles. The number of imidazole rings is 1. The Bertz CT molecular complexity index is 727. The Balaban J connectivity index is 2.05. The molecule has 1 aliphatic carbocycles. The van der Waals surface area contributed by atoms with Crippen molar-refractivity contribution in [3.05, 3.63) is 41.7 Å². The van der Waals surface area contributed by atoms with Crippen LogP contribution in [0, 0.1) is 0 Å². The molecule has 1 aromatic carbocycles. The molecule has 0 aliphatic heterocycles. The topological polar surface area (TPSA) is 30.2 Å². The number of rotatable bonds is 0. The zero-order valence-electron chi connectivity index (χ0n) is 10.3. The molecular formula is C15H15N3. The van der Waals surface area contributed by atoms with Gasteiger partial charge in [0.2, 0.25) is 5.78 Å². The maximum absolute atomic E-state index is 4.76. The van der Waals surface area contributed by atoms with Crippen LogP contribution in [0.5, 0.6) is 0 Å². The summed E-state index contributed by atoms with van der Waals surface area (Å²) in [6.07, 6.45) is 8.38. The fourth-order valence-electron chi connectivity index (χ4n) is 2.87. The first-order valence-corrected chi connectivity index (χ1v) is 6.67. The fraction of sp³-hybridized carbons (Fsp3) is 0.333. The molecular weight excluding hydrogens is 222 g/mol. The van der Waals surface area contributed by atoms with Gasteiger partial charge in [0.15, 0.2) is 0 Å². The molecule has 90 valence electrons. The van der Waals surface area contributed by atoms with Crippen molar-refractivity contribution in [3.63, 3.8) is 0 Å². The Morgan fingerprint density at radius 2 is 1.83 bits per heavy atom. The lowest BCUT2D eigenvalue weighted by atomic mass is 10.1. The minimum absolute atomic E-state index is 0.844. The molecule has 2 aromatic heterocycles. The van der Waals surface area contributed by atoms with E-state index in [9.17, 15) is 0 Å². The van der Waals surface area contributed by atoms with Crippen molar-refractivity contribution in [2.24, 2.45) is 0 Å².